The van der Waals surface area contributed by atoms with Gasteiger partial charge in [0, 0.05) is 11.8 Å². The average Bonchev–Trinajstić information content (AvgIpc) is 2.90. The Balaban J connectivity index is 1.55. The van der Waals surface area contributed by atoms with Gasteiger partial charge >= 0.3 is 5.97 Å². The monoisotopic (exact) mass is 392 g/mol. The van der Waals surface area contributed by atoms with Gasteiger partial charge in [-0.3, -0.25) is 24.1 Å². The van der Waals surface area contributed by atoms with Crippen LogP contribution in [-0.2, 0) is 23.9 Å². The second-order valence-corrected chi connectivity index (χ2v) is 6.67. The zero-order valence-electron chi connectivity index (χ0n) is 15.0. The summed E-state index contributed by atoms with van der Waals surface area (Å²) in [5, 5.41) is 2.29. The van der Waals surface area contributed by atoms with E-state index in [1.807, 2.05) is 12.2 Å². The highest BCUT2D eigenvalue weighted by molar-refractivity contribution is 6.07. The maximum absolute atomic E-state index is 13.2. The summed E-state index contributed by atoms with van der Waals surface area (Å²) in [6.45, 7) is 0.706. The number of benzene rings is 1. The molecule has 9 heteroatoms. The molecule has 3 atom stereocenters. The molecule has 148 valence electrons. The van der Waals surface area contributed by atoms with E-state index in [9.17, 15) is 28.0 Å². The molecule has 0 aromatic heterocycles. The van der Waals surface area contributed by atoms with Crippen LogP contribution in [0.5, 0.6) is 0 Å². The number of nitrogens with one attached hydrogen (secondary N) is 1. The van der Waals surface area contributed by atoms with Gasteiger partial charge in [-0.2, -0.15) is 0 Å². The lowest BCUT2D eigenvalue weighted by Crippen LogP contribution is -2.39. The van der Waals surface area contributed by atoms with E-state index in [1.165, 1.54) is 6.92 Å². The van der Waals surface area contributed by atoms with E-state index in [-0.39, 0.29) is 5.69 Å². The van der Waals surface area contributed by atoms with Crippen molar-refractivity contribution in [3.8, 4) is 0 Å². The lowest BCUT2D eigenvalue weighted by atomic mass is 9.85. The summed E-state index contributed by atoms with van der Waals surface area (Å²) < 4.78 is 31.1. The first-order chi connectivity index (χ1) is 13.3. The van der Waals surface area contributed by atoms with E-state index in [0.717, 1.165) is 23.1 Å². The number of rotatable bonds is 5. The van der Waals surface area contributed by atoms with Crippen LogP contribution >= 0.6 is 0 Å². The van der Waals surface area contributed by atoms with Gasteiger partial charge in [0.2, 0.25) is 11.8 Å². The minimum Gasteiger partial charge on any atom is -0.451 e. The Kier molecular flexibility index (Phi) is 5.53. The fraction of sp³-hybridized carbons (Fsp3) is 0.368. The van der Waals surface area contributed by atoms with Crippen LogP contribution in [0, 0.1) is 23.5 Å². The van der Waals surface area contributed by atoms with Gasteiger partial charge < -0.3 is 10.1 Å². The zero-order valence-corrected chi connectivity index (χ0v) is 15.0. The Morgan fingerprint density at radius 1 is 1.14 bits per heavy atom. The summed E-state index contributed by atoms with van der Waals surface area (Å²) in [5.41, 5.74) is -0.00623. The number of ether oxygens (including phenoxy) is 1. The lowest BCUT2D eigenvalue weighted by Gasteiger charge is -2.17. The summed E-state index contributed by atoms with van der Waals surface area (Å²) in [4.78, 5) is 49.7. The number of anilines is 1. The van der Waals surface area contributed by atoms with E-state index in [0.29, 0.717) is 12.8 Å². The predicted molar refractivity (Wildman–Crippen MR) is 92.6 cm³/mol. The molecule has 1 heterocycles. The van der Waals surface area contributed by atoms with Gasteiger partial charge in [-0.25, -0.2) is 8.78 Å². The number of carbonyl (C=O) groups excluding carboxylic acids is 4. The molecule has 0 unspecified atom stereocenters. The number of hydrogen-bond acceptors (Lipinski definition) is 5. The SMILES string of the molecule is C[C@@H](OC(=O)CN1C(=O)[C@H]2CC=CC[C@@H]2C1=O)C(=O)Nc1ccc(F)c(F)c1. The third-order valence-corrected chi connectivity index (χ3v) is 4.75. The molecule has 0 bridgehead atoms. The van der Waals surface area contributed by atoms with E-state index in [1.54, 1.807) is 0 Å². The topological polar surface area (TPSA) is 92.8 Å². The van der Waals surface area contributed by atoms with Gasteiger partial charge in [0.05, 0.1) is 11.8 Å². The summed E-state index contributed by atoms with van der Waals surface area (Å²) >= 11 is 0. The Bertz CT molecular complexity index is 844. The van der Waals surface area contributed by atoms with E-state index < -0.39 is 59.8 Å². The number of fused-ring (bicyclic) bond motifs is 1. The Hall–Kier alpha value is -3.10. The minimum absolute atomic E-state index is 0.00623. The lowest BCUT2D eigenvalue weighted by molar-refractivity contribution is -0.158. The molecule has 1 aliphatic carbocycles. The molecule has 0 saturated carbocycles. The molecular weight excluding hydrogens is 374 g/mol. The standard InChI is InChI=1S/C19H18F2N2O5/c1-10(17(25)22-11-6-7-14(20)15(21)8-11)28-16(24)9-23-18(26)12-4-2-3-5-13(12)19(23)27/h2-3,6-8,10,12-13H,4-5,9H2,1H3,(H,22,25)/t10-,12+,13+/m1/s1. The zero-order chi connectivity index (χ0) is 20.4. The molecule has 0 radical (unpaired) electrons. The highest BCUT2D eigenvalue weighted by Gasteiger charge is 2.47. The largest absolute Gasteiger partial charge is 0.451 e. The average molecular weight is 392 g/mol. The Morgan fingerprint density at radius 3 is 2.32 bits per heavy atom. The molecule has 2 aliphatic rings. The first kappa shape index (κ1) is 19.7. The normalized spacial score (nSPS) is 22.0. The van der Waals surface area contributed by atoms with E-state index >= 15 is 0 Å². The van der Waals surface area contributed by atoms with Gasteiger partial charge in [0.1, 0.15) is 6.54 Å². The fourth-order valence-corrected chi connectivity index (χ4v) is 3.26. The van der Waals surface area contributed by atoms with Gasteiger partial charge in [-0.05, 0) is 31.9 Å². The van der Waals surface area contributed by atoms with Crippen LogP contribution in [0.4, 0.5) is 14.5 Å². The van der Waals surface area contributed by atoms with Crippen molar-refractivity contribution in [3.63, 3.8) is 0 Å². The smallest absolute Gasteiger partial charge is 0.326 e. The minimum atomic E-state index is -1.27. The highest BCUT2D eigenvalue weighted by Crippen LogP contribution is 2.34. The molecule has 28 heavy (non-hydrogen) atoms. The van der Waals surface area contributed by atoms with Gasteiger partial charge in [-0.15, -0.1) is 0 Å². The molecule has 1 N–H and O–H groups in total. The van der Waals surface area contributed by atoms with E-state index in [4.69, 9.17) is 4.74 Å². The molecule has 1 aromatic carbocycles. The van der Waals surface area contributed by atoms with Crippen molar-refractivity contribution >= 4 is 29.4 Å². The summed E-state index contributed by atoms with van der Waals surface area (Å²) in [7, 11) is 0. The third-order valence-electron chi connectivity index (χ3n) is 4.75. The first-order valence-corrected chi connectivity index (χ1v) is 8.73. The second kappa shape index (κ2) is 7.87. The summed E-state index contributed by atoms with van der Waals surface area (Å²) in [6, 6.07) is 2.79. The van der Waals surface area contributed by atoms with Crippen LogP contribution in [0.2, 0.25) is 0 Å². The first-order valence-electron chi connectivity index (χ1n) is 8.73. The number of amides is 3. The van der Waals surface area contributed by atoms with Crippen LogP contribution < -0.4 is 5.32 Å². The number of halogens is 2. The number of nitrogens with zero attached hydrogens (tertiary/aromatic N) is 1. The molecule has 7 nitrogen and oxygen atoms in total. The summed E-state index contributed by atoms with van der Waals surface area (Å²) in [5.74, 6) is -5.64. The molecule has 3 rings (SSSR count). The molecule has 1 saturated heterocycles. The van der Waals surface area contributed by atoms with E-state index in [2.05, 4.69) is 5.32 Å². The molecule has 1 aliphatic heterocycles. The van der Waals surface area contributed by atoms with Crippen molar-refractivity contribution in [1.82, 2.24) is 4.90 Å². The molecular formula is C19H18F2N2O5. The van der Waals surface area contributed by atoms with Crippen molar-refractivity contribution < 1.29 is 32.7 Å². The Labute approximate surface area is 159 Å². The van der Waals surface area contributed by atoms with Gasteiger partial charge in [0.15, 0.2) is 17.7 Å². The number of likely N-dealkylation sites (tertiary alicyclic amines) is 1. The third kappa shape index (κ3) is 3.92. The number of allylic oxidation sites excluding steroid dienone is 2. The van der Waals surface area contributed by atoms with Crippen LogP contribution in [0.3, 0.4) is 0 Å². The summed E-state index contributed by atoms with van der Waals surface area (Å²) in [6.07, 6.45) is 3.30. The predicted octanol–water partition coefficient (Wildman–Crippen LogP) is 1.79. The van der Waals surface area contributed by atoms with Crippen molar-refractivity contribution in [1.29, 1.82) is 0 Å². The highest BCUT2D eigenvalue weighted by atomic mass is 19.2. The van der Waals surface area contributed by atoms with Crippen LogP contribution in [0.1, 0.15) is 19.8 Å². The second-order valence-electron chi connectivity index (χ2n) is 6.67. The quantitative estimate of drug-likeness (QED) is 0.469. The molecule has 3 amide bonds. The molecule has 1 fully saturated rings. The number of imide groups is 1. The maximum atomic E-state index is 13.2. The van der Waals surface area contributed by atoms with Crippen molar-refractivity contribution in [2.45, 2.75) is 25.9 Å². The van der Waals surface area contributed by atoms with Crippen LogP contribution in [-0.4, -0.2) is 41.2 Å². The Morgan fingerprint density at radius 2 is 1.75 bits per heavy atom. The van der Waals surface area contributed by atoms with Crippen molar-refractivity contribution in [2.24, 2.45) is 11.8 Å². The maximum Gasteiger partial charge on any atom is 0.326 e. The number of hydrogen-bond donors (Lipinski definition) is 1. The van der Waals surface area contributed by atoms with Crippen LogP contribution in [0.15, 0.2) is 30.4 Å². The van der Waals surface area contributed by atoms with Crippen molar-refractivity contribution in [2.75, 3.05) is 11.9 Å². The number of carbonyl (C=O) groups is 4. The van der Waals surface area contributed by atoms with Gasteiger partial charge in [0.25, 0.3) is 5.91 Å². The van der Waals surface area contributed by atoms with Gasteiger partial charge in [-0.1, -0.05) is 12.2 Å². The molecule has 1 aromatic rings. The molecule has 0 spiro atoms. The fourth-order valence-electron chi connectivity index (χ4n) is 3.26. The number of esters is 1. The van der Waals surface area contributed by atoms with Crippen molar-refractivity contribution in [3.05, 3.63) is 42.0 Å². The van der Waals surface area contributed by atoms with Crippen LogP contribution in [0.25, 0.3) is 0 Å².